The van der Waals surface area contributed by atoms with Crippen LogP contribution in [0.4, 0.5) is 4.79 Å². The summed E-state index contributed by atoms with van der Waals surface area (Å²) in [5, 5.41) is 6.30. The molecule has 1 aromatic rings. The minimum absolute atomic E-state index is 0.354. The number of carbonyl (C=O) groups excluding carboxylic acids is 1. The van der Waals surface area contributed by atoms with Gasteiger partial charge in [0.1, 0.15) is 5.60 Å². The van der Waals surface area contributed by atoms with Crippen molar-refractivity contribution in [2.45, 2.75) is 78.4 Å². The Hall–Kier alpha value is -1.55. The summed E-state index contributed by atoms with van der Waals surface area (Å²) in [6, 6.07) is 8.59. The molecule has 25 heavy (non-hydrogen) atoms. The van der Waals surface area contributed by atoms with Gasteiger partial charge in [-0.15, -0.1) is 0 Å². The van der Waals surface area contributed by atoms with Crippen LogP contribution in [-0.4, -0.2) is 24.8 Å². The standard InChI is InChI=1S/C21H36N2O2/c1-5-6-7-8-9-15-22-17-19-12-10-18(11-13-19)14-16-23-20(24)25-21(2,3)4/h10-13,22H,5-9,14-17H2,1-4H3,(H,23,24). The van der Waals surface area contributed by atoms with Crippen LogP contribution in [0.5, 0.6) is 0 Å². The second-order valence-electron chi connectivity index (χ2n) is 7.59. The highest BCUT2D eigenvalue weighted by atomic mass is 16.6. The second kappa shape index (κ2) is 11.9. The number of benzene rings is 1. The minimum atomic E-state index is -0.450. The van der Waals surface area contributed by atoms with Gasteiger partial charge in [0.25, 0.3) is 0 Å². The predicted molar refractivity (Wildman–Crippen MR) is 105 cm³/mol. The van der Waals surface area contributed by atoms with E-state index in [9.17, 15) is 4.79 Å². The molecule has 0 saturated heterocycles. The van der Waals surface area contributed by atoms with Gasteiger partial charge in [-0.25, -0.2) is 4.79 Å². The molecule has 1 aromatic carbocycles. The third kappa shape index (κ3) is 11.6. The molecule has 0 aromatic heterocycles. The van der Waals surface area contributed by atoms with Crippen molar-refractivity contribution in [3.63, 3.8) is 0 Å². The fourth-order valence-corrected chi connectivity index (χ4v) is 2.53. The lowest BCUT2D eigenvalue weighted by Crippen LogP contribution is -2.33. The van der Waals surface area contributed by atoms with Gasteiger partial charge in [0.2, 0.25) is 0 Å². The Morgan fingerprint density at radius 2 is 1.60 bits per heavy atom. The van der Waals surface area contributed by atoms with Crippen molar-refractivity contribution in [2.75, 3.05) is 13.1 Å². The molecule has 4 nitrogen and oxygen atoms in total. The van der Waals surface area contributed by atoms with Crippen LogP contribution in [0.1, 0.15) is 70.9 Å². The van der Waals surface area contributed by atoms with E-state index in [1.165, 1.54) is 43.2 Å². The first kappa shape index (κ1) is 21.5. The summed E-state index contributed by atoms with van der Waals surface area (Å²) < 4.78 is 5.22. The van der Waals surface area contributed by atoms with Gasteiger partial charge >= 0.3 is 6.09 Å². The third-order valence-electron chi connectivity index (χ3n) is 3.89. The van der Waals surface area contributed by atoms with E-state index in [0.29, 0.717) is 6.54 Å². The number of nitrogens with one attached hydrogen (secondary N) is 2. The minimum Gasteiger partial charge on any atom is -0.444 e. The molecule has 0 atom stereocenters. The molecule has 1 amide bonds. The van der Waals surface area contributed by atoms with Crippen molar-refractivity contribution in [3.05, 3.63) is 35.4 Å². The van der Waals surface area contributed by atoms with Crippen LogP contribution in [0.2, 0.25) is 0 Å². The molecule has 0 heterocycles. The van der Waals surface area contributed by atoms with Gasteiger partial charge < -0.3 is 15.4 Å². The maximum absolute atomic E-state index is 11.6. The fourth-order valence-electron chi connectivity index (χ4n) is 2.53. The number of unbranched alkanes of at least 4 members (excludes halogenated alkanes) is 4. The average Bonchev–Trinajstić information content (AvgIpc) is 2.54. The summed E-state index contributed by atoms with van der Waals surface area (Å²) in [4.78, 5) is 11.6. The maximum atomic E-state index is 11.6. The zero-order valence-electron chi connectivity index (χ0n) is 16.5. The molecular formula is C21H36N2O2. The molecule has 0 unspecified atom stereocenters. The third-order valence-corrected chi connectivity index (χ3v) is 3.89. The van der Waals surface area contributed by atoms with Gasteiger partial charge in [-0.3, -0.25) is 0 Å². The molecule has 0 aliphatic rings. The van der Waals surface area contributed by atoms with E-state index >= 15 is 0 Å². The largest absolute Gasteiger partial charge is 0.444 e. The highest BCUT2D eigenvalue weighted by Gasteiger charge is 2.15. The van der Waals surface area contributed by atoms with E-state index in [2.05, 4.69) is 41.8 Å². The van der Waals surface area contributed by atoms with E-state index < -0.39 is 5.60 Å². The number of alkyl carbamates (subject to hydrolysis) is 1. The van der Waals surface area contributed by atoms with Crippen LogP contribution in [0.15, 0.2) is 24.3 Å². The Kier molecular flexibility index (Phi) is 10.2. The fraction of sp³-hybridized carbons (Fsp3) is 0.667. The number of hydrogen-bond acceptors (Lipinski definition) is 3. The normalized spacial score (nSPS) is 11.4. The van der Waals surface area contributed by atoms with Gasteiger partial charge in [0, 0.05) is 13.1 Å². The molecule has 0 spiro atoms. The Bertz CT molecular complexity index is 478. The molecule has 0 radical (unpaired) electrons. The Morgan fingerprint density at radius 3 is 2.24 bits per heavy atom. The van der Waals surface area contributed by atoms with Crippen molar-refractivity contribution in [1.29, 1.82) is 0 Å². The molecular weight excluding hydrogens is 312 g/mol. The number of amides is 1. The van der Waals surface area contributed by atoms with Crippen molar-refractivity contribution in [1.82, 2.24) is 10.6 Å². The van der Waals surface area contributed by atoms with Crippen molar-refractivity contribution >= 4 is 6.09 Å². The second-order valence-corrected chi connectivity index (χ2v) is 7.59. The lowest BCUT2D eigenvalue weighted by Gasteiger charge is -2.19. The van der Waals surface area contributed by atoms with Gasteiger partial charge in [0.15, 0.2) is 0 Å². The van der Waals surface area contributed by atoms with Gasteiger partial charge in [0.05, 0.1) is 0 Å². The topological polar surface area (TPSA) is 50.4 Å². The molecule has 0 aliphatic heterocycles. The van der Waals surface area contributed by atoms with Crippen molar-refractivity contribution in [3.8, 4) is 0 Å². The van der Waals surface area contributed by atoms with E-state index in [1.807, 2.05) is 20.8 Å². The quantitative estimate of drug-likeness (QED) is 0.564. The smallest absolute Gasteiger partial charge is 0.407 e. The summed E-state index contributed by atoms with van der Waals surface area (Å²) in [7, 11) is 0. The first-order valence-corrected chi connectivity index (χ1v) is 9.66. The van der Waals surface area contributed by atoms with Crippen molar-refractivity contribution < 1.29 is 9.53 Å². The molecule has 2 N–H and O–H groups in total. The lowest BCUT2D eigenvalue weighted by molar-refractivity contribution is 0.0528. The first-order valence-electron chi connectivity index (χ1n) is 9.66. The zero-order valence-corrected chi connectivity index (χ0v) is 16.5. The molecule has 142 valence electrons. The average molecular weight is 349 g/mol. The SMILES string of the molecule is CCCCCCCNCc1ccc(CCNC(=O)OC(C)(C)C)cc1. The van der Waals surface area contributed by atoms with E-state index in [1.54, 1.807) is 0 Å². The van der Waals surface area contributed by atoms with Gasteiger partial charge in [-0.1, -0.05) is 56.9 Å². The Balaban J connectivity index is 2.16. The number of hydrogen-bond donors (Lipinski definition) is 2. The zero-order chi connectivity index (χ0) is 18.5. The summed E-state index contributed by atoms with van der Waals surface area (Å²) in [5.74, 6) is 0. The van der Waals surface area contributed by atoms with Gasteiger partial charge in [-0.2, -0.15) is 0 Å². The number of carbonyl (C=O) groups is 1. The first-order chi connectivity index (χ1) is 11.9. The van der Waals surface area contributed by atoms with Crippen molar-refractivity contribution in [2.24, 2.45) is 0 Å². The monoisotopic (exact) mass is 348 g/mol. The van der Waals surface area contributed by atoms with E-state index in [-0.39, 0.29) is 6.09 Å². The Morgan fingerprint density at radius 1 is 0.960 bits per heavy atom. The van der Waals surface area contributed by atoms with Crippen LogP contribution in [0.25, 0.3) is 0 Å². The van der Waals surface area contributed by atoms with Crippen LogP contribution < -0.4 is 10.6 Å². The maximum Gasteiger partial charge on any atom is 0.407 e. The number of ether oxygens (including phenoxy) is 1. The number of rotatable bonds is 11. The molecule has 1 rings (SSSR count). The molecule has 0 fully saturated rings. The van der Waals surface area contributed by atoms with Crippen LogP contribution >= 0.6 is 0 Å². The lowest BCUT2D eigenvalue weighted by atomic mass is 10.1. The highest BCUT2D eigenvalue weighted by Crippen LogP contribution is 2.08. The summed E-state index contributed by atoms with van der Waals surface area (Å²) in [5.41, 5.74) is 2.08. The van der Waals surface area contributed by atoms with Crippen LogP contribution in [0, 0.1) is 0 Å². The highest BCUT2D eigenvalue weighted by molar-refractivity contribution is 5.67. The summed E-state index contributed by atoms with van der Waals surface area (Å²) in [6.07, 6.45) is 7.04. The molecule has 0 aliphatic carbocycles. The molecule has 4 heteroatoms. The van der Waals surface area contributed by atoms with Crippen LogP contribution in [0.3, 0.4) is 0 Å². The van der Waals surface area contributed by atoms with E-state index in [0.717, 1.165) is 19.5 Å². The summed E-state index contributed by atoms with van der Waals surface area (Å²) in [6.45, 7) is 10.4. The van der Waals surface area contributed by atoms with Gasteiger partial charge in [-0.05, 0) is 51.3 Å². The molecule has 0 saturated carbocycles. The Labute approximate surface area is 153 Å². The van der Waals surface area contributed by atoms with Crippen LogP contribution in [-0.2, 0) is 17.7 Å². The van der Waals surface area contributed by atoms with E-state index in [4.69, 9.17) is 4.74 Å². The summed E-state index contributed by atoms with van der Waals surface area (Å²) >= 11 is 0. The predicted octanol–water partition coefficient (Wildman–Crippen LogP) is 4.81. The molecule has 0 bridgehead atoms.